The van der Waals surface area contributed by atoms with E-state index in [1.54, 1.807) is 36.5 Å². The minimum atomic E-state index is -0.525. The van der Waals surface area contributed by atoms with E-state index in [9.17, 15) is 4.79 Å². The van der Waals surface area contributed by atoms with Gasteiger partial charge in [0.25, 0.3) is 5.91 Å². The fraction of sp³-hybridized carbons (Fsp3) is 0.222. The number of hydrazone groups is 1. The van der Waals surface area contributed by atoms with Crippen LogP contribution in [0.1, 0.15) is 36.7 Å². The van der Waals surface area contributed by atoms with Gasteiger partial charge in [-0.1, -0.05) is 46.9 Å². The van der Waals surface area contributed by atoms with Crippen LogP contribution in [0, 0.1) is 0 Å². The lowest BCUT2D eigenvalue weighted by Crippen LogP contribution is -2.42. The molecule has 0 aliphatic heterocycles. The summed E-state index contributed by atoms with van der Waals surface area (Å²) in [6, 6.07) is 12.0. The van der Waals surface area contributed by atoms with Crippen molar-refractivity contribution < 1.29 is 4.79 Å². The summed E-state index contributed by atoms with van der Waals surface area (Å²) in [6.45, 7) is 5.69. The highest BCUT2D eigenvalue weighted by atomic mass is 35.5. The second-order valence-electron chi connectivity index (χ2n) is 6.21. The second kappa shape index (κ2) is 7.56. The molecule has 0 fully saturated rings. The third kappa shape index (κ3) is 4.73. The average Bonchev–Trinajstić information content (AvgIpc) is 2.47. The van der Waals surface area contributed by atoms with Crippen molar-refractivity contribution in [1.29, 1.82) is 0 Å². The highest BCUT2D eigenvalue weighted by Gasteiger charge is 2.28. The predicted octanol–water partition coefficient (Wildman–Crippen LogP) is 5.92. The van der Waals surface area contributed by atoms with Crippen LogP contribution in [0.25, 0.3) is 0 Å². The Labute approximate surface area is 156 Å². The van der Waals surface area contributed by atoms with E-state index in [0.29, 0.717) is 20.6 Å². The Bertz CT molecular complexity index is 765. The Morgan fingerprint density at radius 1 is 1.00 bits per heavy atom. The summed E-state index contributed by atoms with van der Waals surface area (Å²) in [7, 11) is 0. The number of hydrogen-bond acceptors (Lipinski definition) is 2. The molecule has 2 aromatic carbocycles. The molecule has 0 radical (unpaired) electrons. The van der Waals surface area contributed by atoms with Crippen molar-refractivity contribution in [1.82, 2.24) is 5.01 Å². The molecule has 6 heteroatoms. The summed E-state index contributed by atoms with van der Waals surface area (Å²) >= 11 is 17.9. The highest BCUT2D eigenvalue weighted by molar-refractivity contribution is 6.36. The zero-order valence-corrected chi connectivity index (χ0v) is 15.8. The van der Waals surface area contributed by atoms with Gasteiger partial charge in [0.1, 0.15) is 0 Å². The summed E-state index contributed by atoms with van der Waals surface area (Å²) in [5.74, 6) is -0.297. The quantitative estimate of drug-likeness (QED) is 0.478. The minimum Gasteiger partial charge on any atom is -0.267 e. The van der Waals surface area contributed by atoms with Crippen molar-refractivity contribution >= 4 is 46.9 Å². The number of benzene rings is 2. The molecule has 0 saturated carbocycles. The van der Waals surface area contributed by atoms with E-state index in [1.807, 2.05) is 32.9 Å². The molecule has 0 aromatic heterocycles. The van der Waals surface area contributed by atoms with E-state index in [1.165, 1.54) is 5.01 Å². The third-order valence-electron chi connectivity index (χ3n) is 3.18. The lowest BCUT2D eigenvalue weighted by atomic mass is 10.1. The first-order valence-electron chi connectivity index (χ1n) is 7.27. The van der Waals surface area contributed by atoms with Crippen molar-refractivity contribution in [2.24, 2.45) is 5.10 Å². The van der Waals surface area contributed by atoms with Crippen LogP contribution >= 0.6 is 34.8 Å². The molecule has 126 valence electrons. The standard InChI is InChI=1S/C18H17Cl3N2O/c1-18(2,3)23(22-11-12-4-6-13(19)7-5-12)17(24)15-9-8-14(20)10-16(15)21/h4-11H,1-3H3/b22-11+. The molecule has 3 nitrogen and oxygen atoms in total. The fourth-order valence-corrected chi connectivity index (χ4v) is 2.60. The van der Waals surface area contributed by atoms with Gasteiger partial charge in [-0.2, -0.15) is 5.10 Å². The van der Waals surface area contributed by atoms with Crippen LogP contribution in [0.5, 0.6) is 0 Å². The molecule has 2 aromatic rings. The molecule has 1 amide bonds. The molecule has 0 spiro atoms. The Morgan fingerprint density at radius 3 is 2.12 bits per heavy atom. The molecule has 0 atom stereocenters. The first kappa shape index (κ1) is 18.8. The largest absolute Gasteiger partial charge is 0.275 e. The number of carbonyl (C=O) groups excluding carboxylic acids is 1. The van der Waals surface area contributed by atoms with E-state index in [2.05, 4.69) is 5.10 Å². The molecule has 2 rings (SSSR count). The Morgan fingerprint density at radius 2 is 1.58 bits per heavy atom. The van der Waals surface area contributed by atoms with Gasteiger partial charge in [-0.25, -0.2) is 5.01 Å². The Hall–Kier alpha value is -1.55. The molecular weight excluding hydrogens is 367 g/mol. The molecule has 0 heterocycles. The number of halogens is 3. The topological polar surface area (TPSA) is 32.7 Å². The van der Waals surface area contributed by atoms with Crippen molar-refractivity contribution in [3.05, 3.63) is 68.7 Å². The van der Waals surface area contributed by atoms with Crippen LogP contribution in [0.2, 0.25) is 15.1 Å². The normalized spacial score (nSPS) is 11.8. The molecule has 0 aliphatic carbocycles. The summed E-state index contributed by atoms with van der Waals surface area (Å²) in [5, 5.41) is 7.17. The van der Waals surface area contributed by atoms with E-state index in [4.69, 9.17) is 34.8 Å². The molecule has 0 N–H and O–H groups in total. The lowest BCUT2D eigenvalue weighted by molar-refractivity contribution is 0.0594. The number of rotatable bonds is 3. The average molecular weight is 384 g/mol. The van der Waals surface area contributed by atoms with Gasteiger partial charge in [0.2, 0.25) is 0 Å². The second-order valence-corrected chi connectivity index (χ2v) is 7.49. The summed E-state index contributed by atoms with van der Waals surface area (Å²) in [4.78, 5) is 12.9. The highest BCUT2D eigenvalue weighted by Crippen LogP contribution is 2.25. The molecule has 24 heavy (non-hydrogen) atoms. The van der Waals surface area contributed by atoms with Crippen molar-refractivity contribution in [2.75, 3.05) is 0 Å². The lowest BCUT2D eigenvalue weighted by Gasteiger charge is -2.31. The van der Waals surface area contributed by atoms with Crippen LogP contribution in [0.4, 0.5) is 0 Å². The zero-order valence-electron chi connectivity index (χ0n) is 13.6. The Balaban J connectivity index is 2.34. The first-order valence-corrected chi connectivity index (χ1v) is 8.41. The van der Waals surface area contributed by atoms with E-state index >= 15 is 0 Å². The van der Waals surface area contributed by atoms with Crippen LogP contribution in [-0.2, 0) is 0 Å². The summed E-state index contributed by atoms with van der Waals surface area (Å²) in [5.41, 5.74) is 0.663. The van der Waals surface area contributed by atoms with Gasteiger partial charge >= 0.3 is 0 Å². The van der Waals surface area contributed by atoms with Gasteiger partial charge < -0.3 is 0 Å². The number of nitrogens with zero attached hydrogens (tertiary/aromatic N) is 2. The smallest absolute Gasteiger partial charge is 0.267 e. The zero-order chi connectivity index (χ0) is 17.9. The van der Waals surface area contributed by atoms with Gasteiger partial charge in [-0.15, -0.1) is 0 Å². The van der Waals surface area contributed by atoms with Gasteiger partial charge in [-0.05, 0) is 56.7 Å². The van der Waals surface area contributed by atoms with Crippen molar-refractivity contribution in [2.45, 2.75) is 26.3 Å². The van der Waals surface area contributed by atoms with Crippen LogP contribution < -0.4 is 0 Å². The summed E-state index contributed by atoms with van der Waals surface area (Å²) < 4.78 is 0. The fourth-order valence-electron chi connectivity index (χ4n) is 1.98. The maximum atomic E-state index is 12.9. The number of carbonyl (C=O) groups is 1. The van der Waals surface area contributed by atoms with E-state index in [0.717, 1.165) is 5.56 Å². The maximum Gasteiger partial charge on any atom is 0.275 e. The molecular formula is C18H17Cl3N2O. The number of hydrogen-bond donors (Lipinski definition) is 0. The third-order valence-corrected chi connectivity index (χ3v) is 3.98. The van der Waals surface area contributed by atoms with Gasteiger partial charge in [0.05, 0.1) is 22.3 Å². The molecule has 0 aliphatic rings. The molecule has 0 unspecified atom stereocenters. The van der Waals surface area contributed by atoms with Crippen molar-refractivity contribution in [3.8, 4) is 0 Å². The van der Waals surface area contributed by atoms with E-state index < -0.39 is 5.54 Å². The Kier molecular flexibility index (Phi) is 5.92. The van der Waals surface area contributed by atoms with Crippen LogP contribution in [0.3, 0.4) is 0 Å². The van der Waals surface area contributed by atoms with Gasteiger partial charge in [0, 0.05) is 10.0 Å². The van der Waals surface area contributed by atoms with Gasteiger partial charge in [0.15, 0.2) is 0 Å². The summed E-state index contributed by atoms with van der Waals surface area (Å²) in [6.07, 6.45) is 1.61. The predicted molar refractivity (Wildman–Crippen MR) is 101 cm³/mol. The van der Waals surface area contributed by atoms with Crippen LogP contribution in [0.15, 0.2) is 47.6 Å². The van der Waals surface area contributed by atoms with Gasteiger partial charge in [-0.3, -0.25) is 4.79 Å². The molecule has 0 bridgehead atoms. The molecule has 0 saturated heterocycles. The monoisotopic (exact) mass is 382 g/mol. The SMILES string of the molecule is CC(C)(C)N(/N=C/c1ccc(Cl)cc1)C(=O)c1ccc(Cl)cc1Cl. The first-order chi connectivity index (χ1) is 11.2. The maximum absolute atomic E-state index is 12.9. The van der Waals surface area contributed by atoms with Crippen molar-refractivity contribution in [3.63, 3.8) is 0 Å². The van der Waals surface area contributed by atoms with Crippen LogP contribution in [-0.4, -0.2) is 22.7 Å². The van der Waals surface area contributed by atoms with E-state index in [-0.39, 0.29) is 5.91 Å². The minimum absolute atomic E-state index is 0.295. The number of amides is 1.